The highest BCUT2D eigenvalue weighted by Gasteiger charge is 2.12. The molecule has 0 atom stereocenters. The zero-order valence-electron chi connectivity index (χ0n) is 9.64. The van der Waals surface area contributed by atoms with Gasteiger partial charge in [-0.15, -0.1) is 0 Å². The van der Waals surface area contributed by atoms with E-state index in [1.165, 1.54) is 6.07 Å². The Hall–Kier alpha value is -1.88. The molecule has 92 valence electrons. The molecule has 0 saturated carbocycles. The molecule has 1 aromatic carbocycles. The first-order valence-electron chi connectivity index (χ1n) is 5.29. The summed E-state index contributed by atoms with van der Waals surface area (Å²) in [7, 11) is 0. The van der Waals surface area contributed by atoms with Crippen molar-refractivity contribution in [3.05, 3.63) is 52.1 Å². The van der Waals surface area contributed by atoms with Crippen molar-refractivity contribution in [1.29, 1.82) is 0 Å². The summed E-state index contributed by atoms with van der Waals surface area (Å²) < 4.78 is 0.725. The van der Waals surface area contributed by atoms with Crippen molar-refractivity contribution >= 4 is 27.7 Å². The van der Waals surface area contributed by atoms with Gasteiger partial charge in [0.2, 0.25) is 0 Å². The summed E-state index contributed by atoms with van der Waals surface area (Å²) in [6, 6.07) is 8.28. The number of phenols is 1. The number of hydrogen-bond acceptors (Lipinski definition) is 3. The average Bonchev–Trinajstić information content (AvgIpc) is 2.32. The van der Waals surface area contributed by atoms with Crippen molar-refractivity contribution in [3.8, 4) is 5.75 Å². The fourth-order valence-corrected chi connectivity index (χ4v) is 1.84. The van der Waals surface area contributed by atoms with Crippen molar-refractivity contribution in [1.82, 2.24) is 4.98 Å². The van der Waals surface area contributed by atoms with Gasteiger partial charge in [-0.1, -0.05) is 15.9 Å². The van der Waals surface area contributed by atoms with E-state index in [1.807, 2.05) is 13.0 Å². The van der Waals surface area contributed by atoms with Crippen LogP contribution in [0.2, 0.25) is 0 Å². The summed E-state index contributed by atoms with van der Waals surface area (Å²) in [6.45, 7) is 1.91. The fraction of sp³-hybridized carbons (Fsp3) is 0.0769. The van der Waals surface area contributed by atoms with Crippen molar-refractivity contribution in [2.45, 2.75) is 6.92 Å². The third-order valence-electron chi connectivity index (χ3n) is 2.36. The van der Waals surface area contributed by atoms with E-state index in [4.69, 9.17) is 0 Å². The van der Waals surface area contributed by atoms with Gasteiger partial charge in [0.05, 0.1) is 5.56 Å². The number of rotatable bonds is 2. The Labute approximate surface area is 113 Å². The molecule has 0 radical (unpaired) electrons. The van der Waals surface area contributed by atoms with Gasteiger partial charge in [-0.3, -0.25) is 4.79 Å². The quantitative estimate of drug-likeness (QED) is 0.896. The number of halogens is 1. The van der Waals surface area contributed by atoms with E-state index >= 15 is 0 Å². The summed E-state index contributed by atoms with van der Waals surface area (Å²) in [6.07, 6.45) is 1.62. The van der Waals surface area contributed by atoms with E-state index in [0.29, 0.717) is 5.82 Å². The van der Waals surface area contributed by atoms with Gasteiger partial charge in [-0.05, 0) is 42.8 Å². The summed E-state index contributed by atoms with van der Waals surface area (Å²) in [4.78, 5) is 16.0. The highest BCUT2D eigenvalue weighted by molar-refractivity contribution is 9.10. The molecule has 1 aromatic heterocycles. The maximum atomic E-state index is 12.0. The number of aromatic hydroxyl groups is 1. The summed E-state index contributed by atoms with van der Waals surface area (Å²) in [5.74, 6) is -0.00497. The monoisotopic (exact) mass is 306 g/mol. The Morgan fingerprint density at radius 1 is 1.33 bits per heavy atom. The minimum atomic E-state index is -0.396. The molecule has 0 aliphatic heterocycles. The number of anilines is 1. The Balaban J connectivity index is 2.24. The molecule has 0 unspecified atom stereocenters. The maximum absolute atomic E-state index is 12.0. The van der Waals surface area contributed by atoms with Crippen LogP contribution in [-0.4, -0.2) is 16.0 Å². The second-order valence-electron chi connectivity index (χ2n) is 3.83. The molecular formula is C13H11BrN2O2. The fourth-order valence-electron chi connectivity index (χ4n) is 1.48. The predicted octanol–water partition coefficient (Wildman–Crippen LogP) is 3.11. The minimum Gasteiger partial charge on any atom is -0.507 e. The second kappa shape index (κ2) is 5.18. The Morgan fingerprint density at radius 3 is 2.83 bits per heavy atom. The predicted molar refractivity (Wildman–Crippen MR) is 72.7 cm³/mol. The van der Waals surface area contributed by atoms with Crippen molar-refractivity contribution in [2.24, 2.45) is 0 Å². The number of aryl methyl sites for hydroxylation is 1. The molecule has 0 fully saturated rings. The molecule has 5 heteroatoms. The van der Waals surface area contributed by atoms with Gasteiger partial charge in [0.1, 0.15) is 11.6 Å². The molecule has 18 heavy (non-hydrogen) atoms. The lowest BCUT2D eigenvalue weighted by molar-refractivity contribution is 0.102. The van der Waals surface area contributed by atoms with Crippen LogP contribution in [0.1, 0.15) is 15.9 Å². The molecule has 1 amide bonds. The van der Waals surface area contributed by atoms with Gasteiger partial charge in [-0.2, -0.15) is 0 Å². The Kier molecular flexibility index (Phi) is 3.62. The first kappa shape index (κ1) is 12.6. The van der Waals surface area contributed by atoms with E-state index in [-0.39, 0.29) is 11.3 Å². The highest BCUT2D eigenvalue weighted by Crippen LogP contribution is 2.22. The van der Waals surface area contributed by atoms with Crippen molar-refractivity contribution in [3.63, 3.8) is 0 Å². The lowest BCUT2D eigenvalue weighted by atomic mass is 10.2. The summed E-state index contributed by atoms with van der Waals surface area (Å²) in [5.41, 5.74) is 1.20. The number of nitrogens with one attached hydrogen (secondary N) is 1. The number of phenolic OH excluding ortho intramolecular Hbond substituents is 1. The highest BCUT2D eigenvalue weighted by atomic mass is 79.9. The molecule has 1 heterocycles. The van der Waals surface area contributed by atoms with E-state index in [1.54, 1.807) is 24.4 Å². The normalized spacial score (nSPS) is 10.1. The number of carbonyl (C=O) groups excluding carboxylic acids is 1. The van der Waals surface area contributed by atoms with Gasteiger partial charge in [0.15, 0.2) is 0 Å². The first-order valence-corrected chi connectivity index (χ1v) is 6.08. The van der Waals surface area contributed by atoms with E-state index in [2.05, 4.69) is 26.2 Å². The topological polar surface area (TPSA) is 62.2 Å². The molecule has 2 N–H and O–H groups in total. The molecule has 0 aliphatic carbocycles. The SMILES string of the molecule is Cc1ccnc(NC(=O)c2cc(Br)ccc2O)c1. The molecule has 0 bridgehead atoms. The van der Waals surface area contributed by atoms with Crippen LogP contribution in [-0.2, 0) is 0 Å². The molecule has 0 saturated heterocycles. The van der Waals surface area contributed by atoms with Crippen LogP contribution in [0.3, 0.4) is 0 Å². The lowest BCUT2D eigenvalue weighted by Crippen LogP contribution is -2.13. The lowest BCUT2D eigenvalue weighted by Gasteiger charge is -2.07. The van der Waals surface area contributed by atoms with Crippen LogP contribution < -0.4 is 5.32 Å². The molecular weight excluding hydrogens is 296 g/mol. The molecule has 4 nitrogen and oxygen atoms in total. The van der Waals surface area contributed by atoms with Gasteiger partial charge in [-0.25, -0.2) is 4.98 Å². The van der Waals surface area contributed by atoms with Crippen molar-refractivity contribution in [2.75, 3.05) is 5.32 Å². The Bertz CT molecular complexity index is 599. The number of carbonyl (C=O) groups is 1. The standard InChI is InChI=1S/C13H11BrN2O2/c1-8-4-5-15-12(6-8)16-13(18)10-7-9(14)2-3-11(10)17/h2-7,17H,1H3,(H,15,16,18). The van der Waals surface area contributed by atoms with Crippen LogP contribution in [0.15, 0.2) is 41.0 Å². The van der Waals surface area contributed by atoms with E-state index in [0.717, 1.165) is 10.0 Å². The number of hydrogen-bond donors (Lipinski definition) is 2. The van der Waals surface area contributed by atoms with Crippen LogP contribution in [0.25, 0.3) is 0 Å². The Morgan fingerprint density at radius 2 is 2.11 bits per heavy atom. The zero-order chi connectivity index (χ0) is 13.1. The van der Waals surface area contributed by atoms with Crippen LogP contribution >= 0.6 is 15.9 Å². The van der Waals surface area contributed by atoms with E-state index < -0.39 is 5.91 Å². The molecule has 0 spiro atoms. The third-order valence-corrected chi connectivity index (χ3v) is 2.85. The van der Waals surface area contributed by atoms with Crippen LogP contribution in [0, 0.1) is 6.92 Å². The third kappa shape index (κ3) is 2.87. The largest absolute Gasteiger partial charge is 0.507 e. The minimum absolute atomic E-state index is 0.0663. The summed E-state index contributed by atoms with van der Waals surface area (Å²) >= 11 is 3.25. The number of amides is 1. The van der Waals surface area contributed by atoms with Crippen LogP contribution in [0.5, 0.6) is 5.75 Å². The second-order valence-corrected chi connectivity index (χ2v) is 4.75. The number of benzene rings is 1. The van der Waals surface area contributed by atoms with Crippen molar-refractivity contribution < 1.29 is 9.90 Å². The maximum Gasteiger partial charge on any atom is 0.260 e. The molecule has 2 rings (SSSR count). The molecule has 2 aromatic rings. The molecule has 0 aliphatic rings. The summed E-state index contributed by atoms with van der Waals surface area (Å²) in [5, 5.41) is 12.3. The average molecular weight is 307 g/mol. The smallest absolute Gasteiger partial charge is 0.260 e. The van der Waals surface area contributed by atoms with Gasteiger partial charge >= 0.3 is 0 Å². The number of pyridine rings is 1. The van der Waals surface area contributed by atoms with E-state index in [9.17, 15) is 9.90 Å². The first-order chi connectivity index (χ1) is 8.56. The van der Waals surface area contributed by atoms with Gasteiger partial charge in [0.25, 0.3) is 5.91 Å². The van der Waals surface area contributed by atoms with Gasteiger partial charge < -0.3 is 10.4 Å². The van der Waals surface area contributed by atoms with Gasteiger partial charge in [0, 0.05) is 10.7 Å². The van der Waals surface area contributed by atoms with Crippen LogP contribution in [0.4, 0.5) is 5.82 Å². The zero-order valence-corrected chi connectivity index (χ0v) is 11.2. The number of nitrogens with zero attached hydrogens (tertiary/aromatic N) is 1. The number of aromatic nitrogens is 1.